The zero-order valence-corrected chi connectivity index (χ0v) is 22.1. The van der Waals surface area contributed by atoms with Gasteiger partial charge in [-0.15, -0.1) is 0 Å². The van der Waals surface area contributed by atoms with Crippen molar-refractivity contribution in [1.82, 2.24) is 15.2 Å². The number of benzene rings is 2. The number of carbonyl (C=O) groups excluding carboxylic acids is 1. The first-order valence-corrected chi connectivity index (χ1v) is 13.5. The standard InChI is InChI=1S/C30H33F4N3O2/c1-18-11-25(39-2)23(22-7-9-35-26(18)22)15-37-10-8-28(16-30(33,34)17-28)14-24(37)19-3-5-20(6-4-19)27(38)36-21-12-29(31,32)13-21/h3-7,9,11,21,24,35H,8,10,12-17H2,1-2H3,(H,36,38)/t24-/m1/s1. The van der Waals surface area contributed by atoms with Crippen molar-refractivity contribution in [3.05, 3.63) is 64.8 Å². The molecule has 6 rings (SSSR count). The maximum Gasteiger partial charge on any atom is 0.252 e. The normalized spacial score (nSPS) is 23.8. The minimum Gasteiger partial charge on any atom is -0.496 e. The summed E-state index contributed by atoms with van der Waals surface area (Å²) < 4.78 is 60.1. The van der Waals surface area contributed by atoms with Gasteiger partial charge in [-0.2, -0.15) is 0 Å². The van der Waals surface area contributed by atoms with Gasteiger partial charge < -0.3 is 15.0 Å². The number of aromatic nitrogens is 1. The van der Waals surface area contributed by atoms with Crippen molar-refractivity contribution in [3.8, 4) is 5.75 Å². The van der Waals surface area contributed by atoms with Crippen molar-refractivity contribution < 1.29 is 27.1 Å². The second-order valence-electron chi connectivity index (χ2n) is 11.8. The van der Waals surface area contributed by atoms with Crippen LogP contribution in [-0.4, -0.2) is 47.3 Å². The van der Waals surface area contributed by atoms with E-state index in [4.69, 9.17) is 4.74 Å². The lowest BCUT2D eigenvalue weighted by Crippen LogP contribution is -2.53. The zero-order chi connectivity index (χ0) is 27.6. The molecule has 1 atom stereocenters. The number of nitrogens with zero attached hydrogens (tertiary/aromatic N) is 1. The van der Waals surface area contributed by atoms with Crippen molar-refractivity contribution in [2.24, 2.45) is 5.41 Å². The van der Waals surface area contributed by atoms with E-state index in [1.807, 2.05) is 37.4 Å². The Morgan fingerprint density at radius 3 is 2.44 bits per heavy atom. The summed E-state index contributed by atoms with van der Waals surface area (Å²) >= 11 is 0. The number of hydrogen-bond acceptors (Lipinski definition) is 3. The van der Waals surface area contributed by atoms with Crippen molar-refractivity contribution in [1.29, 1.82) is 0 Å². The van der Waals surface area contributed by atoms with Crippen LogP contribution in [0.15, 0.2) is 42.6 Å². The van der Waals surface area contributed by atoms with Crippen LogP contribution in [-0.2, 0) is 6.54 Å². The average Bonchev–Trinajstić information content (AvgIpc) is 3.35. The number of fused-ring (bicyclic) bond motifs is 1. The third-order valence-corrected chi connectivity index (χ3v) is 8.94. The molecule has 1 saturated heterocycles. The quantitative estimate of drug-likeness (QED) is 0.338. The summed E-state index contributed by atoms with van der Waals surface area (Å²) in [6.45, 7) is 3.29. The van der Waals surface area contributed by atoms with E-state index in [2.05, 4.69) is 15.2 Å². The maximum atomic E-state index is 14.0. The summed E-state index contributed by atoms with van der Waals surface area (Å²) in [6.07, 6.45) is 2.37. The monoisotopic (exact) mass is 543 g/mol. The van der Waals surface area contributed by atoms with Crippen LogP contribution in [0.4, 0.5) is 17.6 Å². The van der Waals surface area contributed by atoms with Gasteiger partial charge in [0.2, 0.25) is 5.92 Å². The topological polar surface area (TPSA) is 57.4 Å². The number of ether oxygens (including phenoxy) is 1. The Hall–Kier alpha value is -3.07. The molecule has 0 bridgehead atoms. The Morgan fingerprint density at radius 1 is 1.08 bits per heavy atom. The molecule has 208 valence electrons. The van der Waals surface area contributed by atoms with E-state index < -0.39 is 23.3 Å². The number of likely N-dealkylation sites (tertiary alicyclic amines) is 1. The van der Waals surface area contributed by atoms with E-state index in [1.165, 1.54) is 0 Å². The molecule has 2 N–H and O–H groups in total. The Morgan fingerprint density at radius 2 is 1.79 bits per heavy atom. The predicted octanol–water partition coefficient (Wildman–Crippen LogP) is 6.77. The van der Waals surface area contributed by atoms with Gasteiger partial charge in [0.15, 0.2) is 0 Å². The number of nitrogens with one attached hydrogen (secondary N) is 2. The Balaban J connectivity index is 1.26. The molecule has 2 aromatic carbocycles. The Kier molecular flexibility index (Phi) is 6.21. The van der Waals surface area contributed by atoms with E-state index in [9.17, 15) is 22.4 Å². The number of aryl methyl sites for hydroxylation is 1. The molecule has 1 aromatic heterocycles. The van der Waals surface area contributed by atoms with Crippen LogP contribution >= 0.6 is 0 Å². The van der Waals surface area contributed by atoms with Crippen LogP contribution < -0.4 is 10.1 Å². The van der Waals surface area contributed by atoms with Crippen LogP contribution in [0.2, 0.25) is 0 Å². The fourth-order valence-corrected chi connectivity index (χ4v) is 6.94. The molecule has 39 heavy (non-hydrogen) atoms. The number of rotatable bonds is 6. The summed E-state index contributed by atoms with van der Waals surface area (Å²) in [5.41, 5.74) is 4.14. The molecule has 2 aliphatic carbocycles. The summed E-state index contributed by atoms with van der Waals surface area (Å²) in [5, 5.41) is 3.75. The van der Waals surface area contributed by atoms with Gasteiger partial charge in [-0.3, -0.25) is 9.69 Å². The number of methoxy groups -OCH3 is 1. The lowest BCUT2D eigenvalue weighted by Gasteiger charge is -2.54. The smallest absolute Gasteiger partial charge is 0.252 e. The highest BCUT2D eigenvalue weighted by molar-refractivity contribution is 5.94. The second kappa shape index (κ2) is 9.25. The molecule has 1 spiro atoms. The molecule has 9 heteroatoms. The molecule has 0 unspecified atom stereocenters. The average molecular weight is 544 g/mol. The highest BCUT2D eigenvalue weighted by Gasteiger charge is 2.58. The number of carbonyl (C=O) groups is 1. The molecular formula is C30H33F4N3O2. The Bertz CT molecular complexity index is 1390. The lowest BCUT2D eigenvalue weighted by atomic mass is 9.59. The lowest BCUT2D eigenvalue weighted by molar-refractivity contribution is -0.186. The van der Waals surface area contributed by atoms with Gasteiger partial charge in [0.25, 0.3) is 11.8 Å². The summed E-state index contributed by atoms with van der Waals surface area (Å²) in [7, 11) is 1.66. The fourth-order valence-electron chi connectivity index (χ4n) is 6.94. The van der Waals surface area contributed by atoms with E-state index >= 15 is 0 Å². The summed E-state index contributed by atoms with van der Waals surface area (Å²) in [6, 6.07) is 10.6. The number of H-pyrrole nitrogens is 1. The zero-order valence-electron chi connectivity index (χ0n) is 22.1. The van der Waals surface area contributed by atoms with Gasteiger partial charge in [-0.25, -0.2) is 17.6 Å². The van der Waals surface area contributed by atoms with Crippen LogP contribution in [0.3, 0.4) is 0 Å². The number of alkyl halides is 4. The number of hydrogen-bond donors (Lipinski definition) is 2. The van der Waals surface area contributed by atoms with Gasteiger partial charge in [0.1, 0.15) is 5.75 Å². The van der Waals surface area contributed by atoms with Gasteiger partial charge >= 0.3 is 0 Å². The molecule has 2 saturated carbocycles. The minimum atomic E-state index is -2.70. The van der Waals surface area contributed by atoms with Gasteiger partial charge in [-0.1, -0.05) is 12.1 Å². The summed E-state index contributed by atoms with van der Waals surface area (Å²) in [5.74, 6) is -4.89. The molecule has 0 radical (unpaired) electrons. The fraction of sp³-hybridized carbons (Fsp3) is 0.500. The number of aromatic amines is 1. The van der Waals surface area contributed by atoms with Crippen molar-refractivity contribution in [2.75, 3.05) is 13.7 Å². The highest BCUT2D eigenvalue weighted by atomic mass is 19.3. The first kappa shape index (κ1) is 26.2. The molecule has 2 heterocycles. The van der Waals surface area contributed by atoms with E-state index in [1.54, 1.807) is 19.2 Å². The summed E-state index contributed by atoms with van der Waals surface area (Å²) in [4.78, 5) is 18.2. The third kappa shape index (κ3) is 4.90. The molecule has 1 aliphatic heterocycles. The van der Waals surface area contributed by atoms with Crippen LogP contribution in [0, 0.1) is 12.3 Å². The SMILES string of the molecule is COc1cc(C)c2[nH]ccc2c1CN1CCC2(C[C@@H]1c1ccc(C(=O)NC3CC(F)(F)C3)cc1)CC(F)(F)C2. The number of amides is 1. The van der Waals surface area contributed by atoms with E-state index in [0.717, 1.165) is 33.3 Å². The van der Waals surface area contributed by atoms with Crippen molar-refractivity contribution >= 4 is 16.8 Å². The molecule has 1 amide bonds. The molecule has 5 nitrogen and oxygen atoms in total. The van der Waals surface area contributed by atoms with Crippen LogP contribution in [0.5, 0.6) is 5.75 Å². The molecule has 3 aliphatic rings. The van der Waals surface area contributed by atoms with Crippen molar-refractivity contribution in [2.45, 2.75) is 75.9 Å². The van der Waals surface area contributed by atoms with Crippen molar-refractivity contribution in [3.63, 3.8) is 0 Å². The number of halogens is 4. The largest absolute Gasteiger partial charge is 0.496 e. The van der Waals surface area contributed by atoms with Gasteiger partial charge in [0.05, 0.1) is 7.11 Å². The second-order valence-corrected chi connectivity index (χ2v) is 11.8. The van der Waals surface area contributed by atoms with Crippen LogP contribution in [0.25, 0.3) is 10.9 Å². The molecule has 3 fully saturated rings. The highest BCUT2D eigenvalue weighted by Crippen LogP contribution is 2.60. The Labute approximate surface area is 224 Å². The third-order valence-electron chi connectivity index (χ3n) is 8.94. The first-order chi connectivity index (χ1) is 18.5. The first-order valence-electron chi connectivity index (χ1n) is 13.5. The predicted molar refractivity (Wildman–Crippen MR) is 140 cm³/mol. The minimum absolute atomic E-state index is 0.0905. The van der Waals surface area contributed by atoms with E-state index in [0.29, 0.717) is 31.5 Å². The number of piperidine rings is 1. The van der Waals surface area contributed by atoms with Gasteiger partial charge in [0, 0.05) is 72.5 Å². The van der Waals surface area contributed by atoms with Gasteiger partial charge in [-0.05, 0) is 67.1 Å². The molecule has 3 aromatic rings. The molecular weight excluding hydrogens is 510 g/mol. The van der Waals surface area contributed by atoms with E-state index in [-0.39, 0.29) is 37.6 Å². The van der Waals surface area contributed by atoms with Crippen LogP contribution in [0.1, 0.15) is 71.6 Å². The maximum absolute atomic E-state index is 14.0.